The van der Waals surface area contributed by atoms with Gasteiger partial charge in [-0.2, -0.15) is 0 Å². The van der Waals surface area contributed by atoms with Crippen molar-refractivity contribution in [2.75, 3.05) is 19.5 Å². The zero-order valence-electron chi connectivity index (χ0n) is 23.4. The van der Waals surface area contributed by atoms with Gasteiger partial charge in [0.2, 0.25) is 5.91 Å². The molecule has 0 unspecified atom stereocenters. The molecular formula is C35H27ClN2O5. The van der Waals surface area contributed by atoms with Crippen molar-refractivity contribution in [3.63, 3.8) is 0 Å². The fourth-order valence-electron chi connectivity index (χ4n) is 7.12. The van der Waals surface area contributed by atoms with Crippen LogP contribution < -0.4 is 14.8 Å². The number of halogens is 1. The highest BCUT2D eigenvalue weighted by atomic mass is 35.5. The van der Waals surface area contributed by atoms with Gasteiger partial charge in [0.1, 0.15) is 11.5 Å². The van der Waals surface area contributed by atoms with Crippen molar-refractivity contribution in [3.05, 3.63) is 130 Å². The molecule has 4 atom stereocenters. The summed E-state index contributed by atoms with van der Waals surface area (Å²) in [5, 5.41) is 3.55. The van der Waals surface area contributed by atoms with Crippen molar-refractivity contribution in [1.29, 1.82) is 0 Å². The summed E-state index contributed by atoms with van der Waals surface area (Å²) in [4.78, 5) is 46.1. The van der Waals surface area contributed by atoms with E-state index in [0.29, 0.717) is 38.9 Å². The van der Waals surface area contributed by atoms with E-state index in [-0.39, 0.29) is 17.5 Å². The van der Waals surface area contributed by atoms with Gasteiger partial charge < -0.3 is 19.7 Å². The molecule has 3 heterocycles. The lowest BCUT2D eigenvalue weighted by Crippen LogP contribution is -2.49. The van der Waals surface area contributed by atoms with Crippen LogP contribution in [-0.2, 0) is 10.2 Å². The normalized spacial score (nSPS) is 22.9. The number of methoxy groups -OCH3 is 2. The molecule has 4 aromatic carbocycles. The molecule has 1 fully saturated rings. The van der Waals surface area contributed by atoms with Crippen LogP contribution in [0.5, 0.6) is 11.5 Å². The number of carbonyl (C=O) groups is 3. The number of amides is 1. The zero-order valence-corrected chi connectivity index (χ0v) is 24.2. The molecule has 1 saturated heterocycles. The maximum absolute atomic E-state index is 15.0. The third-order valence-electron chi connectivity index (χ3n) is 8.92. The Balaban J connectivity index is 1.52. The molecular weight excluding hydrogens is 564 g/mol. The molecule has 43 heavy (non-hydrogen) atoms. The van der Waals surface area contributed by atoms with Crippen LogP contribution in [0.2, 0.25) is 5.02 Å². The standard InChI is InChI=1S/C35H27ClN2O5/c1-42-27-16-13-22(19-28(27)43-2)31(39)29-30(32(40)21-11-14-23(36)15-12-21)38-18-17-20-7-3-4-8-24(20)33(38)35(29)25-9-5-6-10-26(25)37-34(35)41/h3-19,29-30,33H,1-2H3,(H,37,41)/t29-,30-,33-,35-/m1/s1. The number of benzene rings is 4. The lowest BCUT2D eigenvalue weighted by molar-refractivity contribution is -0.122. The van der Waals surface area contributed by atoms with Crippen LogP contribution in [0, 0.1) is 5.92 Å². The second-order valence-electron chi connectivity index (χ2n) is 10.9. The third-order valence-corrected chi connectivity index (χ3v) is 9.17. The Labute approximate surface area is 253 Å². The first kappa shape index (κ1) is 27.0. The van der Waals surface area contributed by atoms with E-state index >= 15 is 0 Å². The van der Waals surface area contributed by atoms with Gasteiger partial charge in [-0.1, -0.05) is 54.1 Å². The highest BCUT2D eigenvalue weighted by Gasteiger charge is 2.70. The van der Waals surface area contributed by atoms with Crippen LogP contribution in [0.25, 0.3) is 6.08 Å². The molecule has 1 amide bonds. The first-order valence-electron chi connectivity index (χ1n) is 13.9. The molecule has 0 radical (unpaired) electrons. The van der Waals surface area contributed by atoms with Gasteiger partial charge in [-0.05, 0) is 71.3 Å². The number of Topliss-reactive ketones (excluding diaryl/α,β-unsaturated/α-hetero) is 2. The van der Waals surface area contributed by atoms with E-state index in [1.54, 1.807) is 42.5 Å². The van der Waals surface area contributed by atoms with Gasteiger partial charge in [-0.25, -0.2) is 0 Å². The fraction of sp³-hybridized carbons (Fsp3) is 0.171. The van der Waals surface area contributed by atoms with Crippen molar-refractivity contribution < 1.29 is 23.9 Å². The Morgan fingerprint density at radius 2 is 1.53 bits per heavy atom. The van der Waals surface area contributed by atoms with Crippen LogP contribution >= 0.6 is 11.6 Å². The molecule has 4 aromatic rings. The highest BCUT2D eigenvalue weighted by molar-refractivity contribution is 6.30. The predicted octanol–water partition coefficient (Wildman–Crippen LogP) is 6.34. The number of hydrogen-bond donors (Lipinski definition) is 1. The number of anilines is 1. The van der Waals surface area contributed by atoms with Gasteiger partial charge in [-0.3, -0.25) is 14.4 Å². The molecule has 1 spiro atoms. The highest BCUT2D eigenvalue weighted by Crippen LogP contribution is 2.62. The number of carbonyl (C=O) groups excluding carboxylic acids is 3. The average Bonchev–Trinajstić information content (AvgIpc) is 3.52. The molecule has 7 rings (SSSR count). The molecule has 3 aliphatic heterocycles. The quantitative estimate of drug-likeness (QED) is 0.264. The summed E-state index contributed by atoms with van der Waals surface area (Å²) in [6, 6.07) is 25.2. The fourth-order valence-corrected chi connectivity index (χ4v) is 7.25. The summed E-state index contributed by atoms with van der Waals surface area (Å²) in [6.07, 6.45) is 3.78. The monoisotopic (exact) mass is 590 g/mol. The summed E-state index contributed by atoms with van der Waals surface area (Å²) >= 11 is 6.17. The van der Waals surface area contributed by atoms with Gasteiger partial charge >= 0.3 is 0 Å². The number of ketones is 2. The SMILES string of the molecule is COc1ccc(C(=O)[C@H]2[C@H](C(=O)c3ccc(Cl)cc3)N3C=Cc4ccccc4[C@@H]3[C@]23C(=O)Nc2ccccc23)cc1OC. The minimum absolute atomic E-state index is 0.279. The van der Waals surface area contributed by atoms with E-state index in [2.05, 4.69) is 5.32 Å². The van der Waals surface area contributed by atoms with Crippen LogP contribution in [0.4, 0.5) is 5.69 Å². The summed E-state index contributed by atoms with van der Waals surface area (Å²) in [6.45, 7) is 0. The van der Waals surface area contributed by atoms with E-state index in [1.165, 1.54) is 14.2 Å². The van der Waals surface area contributed by atoms with Crippen molar-refractivity contribution in [2.45, 2.75) is 17.5 Å². The Hall–Kier alpha value is -4.88. The first-order chi connectivity index (χ1) is 20.9. The Bertz CT molecular complexity index is 1830. The summed E-state index contributed by atoms with van der Waals surface area (Å²) in [5.74, 6) is -1.20. The van der Waals surface area contributed by atoms with Gasteiger partial charge in [0.15, 0.2) is 23.1 Å². The molecule has 0 aliphatic carbocycles. The van der Waals surface area contributed by atoms with E-state index in [4.69, 9.17) is 21.1 Å². The lowest BCUT2D eigenvalue weighted by Gasteiger charge is -2.38. The second-order valence-corrected chi connectivity index (χ2v) is 11.3. The Kier molecular flexibility index (Phi) is 6.36. The molecule has 1 N–H and O–H groups in total. The average molecular weight is 591 g/mol. The number of hydrogen-bond acceptors (Lipinski definition) is 6. The van der Waals surface area contributed by atoms with E-state index < -0.39 is 23.4 Å². The maximum Gasteiger partial charge on any atom is 0.238 e. The van der Waals surface area contributed by atoms with Crippen molar-refractivity contribution in [3.8, 4) is 11.5 Å². The zero-order chi connectivity index (χ0) is 29.9. The molecule has 7 nitrogen and oxygen atoms in total. The Morgan fingerprint density at radius 1 is 0.837 bits per heavy atom. The van der Waals surface area contributed by atoms with Crippen molar-refractivity contribution >= 4 is 40.8 Å². The van der Waals surface area contributed by atoms with Gasteiger partial charge in [0.05, 0.1) is 26.2 Å². The van der Waals surface area contributed by atoms with Gasteiger partial charge in [0, 0.05) is 28.0 Å². The summed E-state index contributed by atoms with van der Waals surface area (Å²) in [5.41, 5.74) is 2.40. The van der Waals surface area contributed by atoms with E-state index in [0.717, 1.165) is 11.1 Å². The van der Waals surface area contributed by atoms with Crippen molar-refractivity contribution in [2.24, 2.45) is 5.92 Å². The number of ether oxygens (including phenoxy) is 2. The topological polar surface area (TPSA) is 84.9 Å². The van der Waals surface area contributed by atoms with Crippen LogP contribution in [0.1, 0.15) is 43.4 Å². The number of rotatable bonds is 6. The summed E-state index contributed by atoms with van der Waals surface area (Å²) in [7, 11) is 3.02. The lowest BCUT2D eigenvalue weighted by atomic mass is 9.62. The number of nitrogens with zero attached hydrogens (tertiary/aromatic N) is 1. The smallest absolute Gasteiger partial charge is 0.238 e. The van der Waals surface area contributed by atoms with Crippen LogP contribution in [-0.4, -0.2) is 42.6 Å². The minimum Gasteiger partial charge on any atom is -0.493 e. The predicted molar refractivity (Wildman–Crippen MR) is 164 cm³/mol. The number of para-hydroxylation sites is 1. The molecule has 8 heteroatoms. The number of fused-ring (bicyclic) bond motifs is 6. The minimum atomic E-state index is -1.42. The van der Waals surface area contributed by atoms with E-state index in [9.17, 15) is 14.4 Å². The molecule has 0 aromatic heterocycles. The van der Waals surface area contributed by atoms with Crippen LogP contribution in [0.15, 0.2) is 97.2 Å². The third kappa shape index (κ3) is 3.85. The molecule has 3 aliphatic rings. The summed E-state index contributed by atoms with van der Waals surface area (Å²) < 4.78 is 10.9. The number of nitrogens with one attached hydrogen (secondary N) is 1. The Morgan fingerprint density at radius 3 is 2.30 bits per heavy atom. The molecule has 214 valence electrons. The second kappa shape index (κ2) is 10.1. The van der Waals surface area contributed by atoms with Gasteiger partial charge in [-0.15, -0.1) is 0 Å². The largest absolute Gasteiger partial charge is 0.493 e. The van der Waals surface area contributed by atoms with Crippen molar-refractivity contribution in [1.82, 2.24) is 4.90 Å². The maximum atomic E-state index is 15.0. The van der Waals surface area contributed by atoms with E-state index in [1.807, 2.05) is 65.7 Å². The molecule has 0 saturated carbocycles. The molecule has 0 bridgehead atoms. The van der Waals surface area contributed by atoms with Gasteiger partial charge in [0.25, 0.3) is 0 Å². The van der Waals surface area contributed by atoms with Crippen LogP contribution in [0.3, 0.4) is 0 Å². The first-order valence-corrected chi connectivity index (χ1v) is 14.3.